The first-order valence-electron chi connectivity index (χ1n) is 8.76. The summed E-state index contributed by atoms with van der Waals surface area (Å²) < 4.78 is 10.8. The Morgan fingerprint density at radius 3 is 2.41 bits per heavy atom. The van der Waals surface area contributed by atoms with Crippen LogP contribution in [0.2, 0.25) is 10.0 Å². The second-order valence-electron chi connectivity index (χ2n) is 6.26. The van der Waals surface area contributed by atoms with Gasteiger partial charge in [-0.2, -0.15) is 0 Å². The lowest BCUT2D eigenvalue weighted by molar-refractivity contribution is 0.0737. The molecule has 1 heterocycles. The second-order valence-corrected chi connectivity index (χ2v) is 7.11. The van der Waals surface area contributed by atoms with Crippen LogP contribution in [0.15, 0.2) is 72.8 Å². The highest BCUT2D eigenvalue weighted by Gasteiger charge is 2.17. The maximum absolute atomic E-state index is 13.0. The van der Waals surface area contributed by atoms with Crippen LogP contribution in [0.5, 0.6) is 11.5 Å². The SMILES string of the molecule is COc1ccc(-c2cc(C(=O)Oc3ccc(Cl)cc3Cl)c3ccccc3n2)cc1. The maximum Gasteiger partial charge on any atom is 0.344 e. The van der Waals surface area contributed by atoms with E-state index in [0.717, 1.165) is 11.3 Å². The molecule has 4 aromatic rings. The molecule has 0 radical (unpaired) electrons. The van der Waals surface area contributed by atoms with Crippen LogP contribution in [0.1, 0.15) is 10.4 Å². The molecular formula is C23H15Cl2NO3. The zero-order chi connectivity index (χ0) is 20.4. The third-order valence-electron chi connectivity index (χ3n) is 4.42. The number of pyridine rings is 1. The molecule has 0 bridgehead atoms. The zero-order valence-electron chi connectivity index (χ0n) is 15.4. The average molecular weight is 424 g/mol. The van der Waals surface area contributed by atoms with Gasteiger partial charge in [0.1, 0.15) is 11.5 Å². The fourth-order valence-electron chi connectivity index (χ4n) is 2.97. The summed E-state index contributed by atoms with van der Waals surface area (Å²) in [6, 6.07) is 21.3. The number of methoxy groups -OCH3 is 1. The summed E-state index contributed by atoms with van der Waals surface area (Å²) in [6.07, 6.45) is 0. The van der Waals surface area contributed by atoms with Gasteiger partial charge in [-0.3, -0.25) is 0 Å². The van der Waals surface area contributed by atoms with Gasteiger partial charge in [-0.15, -0.1) is 0 Å². The molecule has 6 heteroatoms. The van der Waals surface area contributed by atoms with Crippen LogP contribution < -0.4 is 9.47 Å². The predicted molar refractivity (Wildman–Crippen MR) is 115 cm³/mol. The number of hydrogen-bond acceptors (Lipinski definition) is 4. The molecule has 0 spiro atoms. The summed E-state index contributed by atoms with van der Waals surface area (Å²) in [5, 5.41) is 1.42. The van der Waals surface area contributed by atoms with Crippen molar-refractivity contribution in [2.24, 2.45) is 0 Å². The topological polar surface area (TPSA) is 48.4 Å². The zero-order valence-corrected chi connectivity index (χ0v) is 16.9. The fraction of sp³-hybridized carbons (Fsp3) is 0.0435. The minimum Gasteiger partial charge on any atom is -0.497 e. The van der Waals surface area contributed by atoms with Gasteiger partial charge in [0.05, 0.1) is 28.9 Å². The van der Waals surface area contributed by atoms with Gasteiger partial charge in [-0.25, -0.2) is 9.78 Å². The predicted octanol–water partition coefficient (Wildman–Crippen LogP) is 6.44. The summed E-state index contributed by atoms with van der Waals surface area (Å²) >= 11 is 12.1. The van der Waals surface area contributed by atoms with Gasteiger partial charge in [0.2, 0.25) is 0 Å². The van der Waals surface area contributed by atoms with E-state index in [0.29, 0.717) is 27.2 Å². The van der Waals surface area contributed by atoms with Crippen LogP contribution >= 0.6 is 23.2 Å². The standard InChI is InChI=1S/C23H15Cl2NO3/c1-28-16-9-6-14(7-10-16)21-13-18(17-4-2-3-5-20(17)26-21)23(27)29-22-11-8-15(24)12-19(22)25/h2-13H,1H3. The molecule has 1 aromatic heterocycles. The summed E-state index contributed by atoms with van der Waals surface area (Å²) in [4.78, 5) is 17.7. The summed E-state index contributed by atoms with van der Waals surface area (Å²) in [5.41, 5.74) is 2.60. The largest absolute Gasteiger partial charge is 0.497 e. The van der Waals surface area contributed by atoms with Crippen molar-refractivity contribution in [3.8, 4) is 22.8 Å². The van der Waals surface area contributed by atoms with Crippen molar-refractivity contribution in [1.82, 2.24) is 4.98 Å². The lowest BCUT2D eigenvalue weighted by Crippen LogP contribution is -2.10. The van der Waals surface area contributed by atoms with Gasteiger partial charge in [-0.1, -0.05) is 41.4 Å². The molecule has 144 valence electrons. The van der Waals surface area contributed by atoms with Gasteiger partial charge < -0.3 is 9.47 Å². The third-order valence-corrected chi connectivity index (χ3v) is 4.95. The normalized spacial score (nSPS) is 10.7. The summed E-state index contributed by atoms with van der Waals surface area (Å²) in [7, 11) is 1.61. The molecule has 0 N–H and O–H groups in total. The van der Waals surface area contributed by atoms with E-state index in [4.69, 9.17) is 32.7 Å². The Morgan fingerprint density at radius 1 is 0.931 bits per heavy atom. The van der Waals surface area contributed by atoms with Crippen LogP contribution in [0.25, 0.3) is 22.2 Å². The van der Waals surface area contributed by atoms with E-state index in [9.17, 15) is 4.79 Å². The van der Waals surface area contributed by atoms with Gasteiger partial charge in [0.25, 0.3) is 0 Å². The molecule has 29 heavy (non-hydrogen) atoms. The Bertz CT molecular complexity index is 1210. The Hall–Kier alpha value is -3.08. The third kappa shape index (κ3) is 4.04. The highest BCUT2D eigenvalue weighted by atomic mass is 35.5. The fourth-order valence-corrected chi connectivity index (χ4v) is 3.41. The number of esters is 1. The molecule has 0 aliphatic rings. The number of carbonyl (C=O) groups excluding carboxylic acids is 1. The van der Waals surface area contributed by atoms with Crippen molar-refractivity contribution < 1.29 is 14.3 Å². The van der Waals surface area contributed by atoms with Gasteiger partial charge in [0.15, 0.2) is 0 Å². The number of fused-ring (bicyclic) bond motifs is 1. The summed E-state index contributed by atoms with van der Waals surface area (Å²) in [6.45, 7) is 0. The van der Waals surface area contributed by atoms with Crippen molar-refractivity contribution in [2.75, 3.05) is 7.11 Å². The number of benzene rings is 3. The quantitative estimate of drug-likeness (QED) is 0.280. The smallest absolute Gasteiger partial charge is 0.344 e. The van der Waals surface area contributed by atoms with E-state index in [1.54, 1.807) is 25.3 Å². The van der Waals surface area contributed by atoms with Gasteiger partial charge in [0, 0.05) is 16.0 Å². The number of carbonyl (C=O) groups is 1. The van der Waals surface area contributed by atoms with Crippen LogP contribution in [0.4, 0.5) is 0 Å². The number of nitrogens with zero attached hydrogens (tertiary/aromatic N) is 1. The molecule has 0 amide bonds. The minimum absolute atomic E-state index is 0.243. The first-order chi connectivity index (χ1) is 14.0. The monoisotopic (exact) mass is 423 g/mol. The molecule has 4 rings (SSSR count). The molecule has 0 saturated carbocycles. The molecule has 0 saturated heterocycles. The van der Waals surface area contributed by atoms with E-state index in [-0.39, 0.29) is 10.8 Å². The number of para-hydroxylation sites is 1. The average Bonchev–Trinajstić information content (AvgIpc) is 2.75. The first-order valence-corrected chi connectivity index (χ1v) is 9.52. The van der Waals surface area contributed by atoms with E-state index < -0.39 is 5.97 Å². The Labute approximate surface area is 177 Å². The number of hydrogen-bond donors (Lipinski definition) is 0. The van der Waals surface area contributed by atoms with Crippen LogP contribution in [0, 0.1) is 0 Å². The molecule has 0 unspecified atom stereocenters. The minimum atomic E-state index is -0.525. The molecule has 0 fully saturated rings. The molecule has 0 atom stereocenters. The number of ether oxygens (including phenoxy) is 2. The van der Waals surface area contributed by atoms with Crippen molar-refractivity contribution in [1.29, 1.82) is 0 Å². The summed E-state index contributed by atoms with van der Waals surface area (Å²) in [5.74, 6) is 0.460. The molecular weight excluding hydrogens is 409 g/mol. The number of halogens is 2. The van der Waals surface area contributed by atoms with E-state index in [1.165, 1.54) is 6.07 Å². The number of aromatic nitrogens is 1. The Balaban J connectivity index is 1.78. The highest BCUT2D eigenvalue weighted by Crippen LogP contribution is 2.30. The van der Waals surface area contributed by atoms with Crippen molar-refractivity contribution in [3.05, 3.63) is 88.4 Å². The highest BCUT2D eigenvalue weighted by molar-refractivity contribution is 6.35. The van der Waals surface area contributed by atoms with Crippen molar-refractivity contribution in [3.63, 3.8) is 0 Å². The van der Waals surface area contributed by atoms with Crippen LogP contribution in [-0.4, -0.2) is 18.1 Å². The molecule has 4 nitrogen and oxygen atoms in total. The lowest BCUT2D eigenvalue weighted by atomic mass is 10.0. The Morgan fingerprint density at radius 2 is 1.69 bits per heavy atom. The van der Waals surface area contributed by atoms with Gasteiger partial charge in [-0.05, 0) is 54.6 Å². The van der Waals surface area contributed by atoms with Gasteiger partial charge >= 0.3 is 5.97 Å². The molecule has 0 aliphatic heterocycles. The van der Waals surface area contributed by atoms with Crippen LogP contribution in [0.3, 0.4) is 0 Å². The Kier molecular flexibility index (Phi) is 5.38. The maximum atomic E-state index is 13.0. The van der Waals surface area contributed by atoms with E-state index >= 15 is 0 Å². The second kappa shape index (κ2) is 8.11. The van der Waals surface area contributed by atoms with Crippen molar-refractivity contribution in [2.45, 2.75) is 0 Å². The van der Waals surface area contributed by atoms with Crippen LogP contribution in [-0.2, 0) is 0 Å². The number of rotatable bonds is 4. The first kappa shape index (κ1) is 19.2. The van der Waals surface area contributed by atoms with E-state index in [2.05, 4.69) is 4.98 Å². The molecule has 0 aliphatic carbocycles. The van der Waals surface area contributed by atoms with E-state index in [1.807, 2.05) is 48.5 Å². The molecule has 3 aromatic carbocycles. The lowest BCUT2D eigenvalue weighted by Gasteiger charge is -2.11. The van der Waals surface area contributed by atoms with Crippen molar-refractivity contribution >= 4 is 40.1 Å².